The van der Waals surface area contributed by atoms with Crippen LogP contribution in [-0.2, 0) is 14.4 Å². The Morgan fingerprint density at radius 2 is 1.48 bits per heavy atom. The van der Waals surface area contributed by atoms with Crippen LogP contribution in [0.5, 0.6) is 0 Å². The van der Waals surface area contributed by atoms with E-state index in [9.17, 15) is 29.1 Å². The average Bonchev–Trinajstić information content (AvgIpc) is 2.95. The first-order chi connectivity index (χ1) is 20.0. The van der Waals surface area contributed by atoms with Crippen molar-refractivity contribution in [3.63, 3.8) is 0 Å². The minimum absolute atomic E-state index is 0.0282. The Balaban J connectivity index is 1.59. The number of amidine groups is 1. The van der Waals surface area contributed by atoms with Crippen molar-refractivity contribution in [2.24, 2.45) is 22.2 Å². The van der Waals surface area contributed by atoms with Crippen LogP contribution < -0.4 is 27.8 Å². The van der Waals surface area contributed by atoms with Crippen molar-refractivity contribution < 1.29 is 29.1 Å². The van der Waals surface area contributed by atoms with E-state index in [0.717, 1.165) is 0 Å². The standard InChI is InChI=1S/C27H33N9O6/c28-23(29)16-3-5-17(6-4-16)25(41)33-14-21(37)36-13-12-35(15-22(38)39)26(42)20(36)2-1-11-32-24(40)18-7-9-19(10-8-18)34-27(30)31/h3-10,20H,1-2,11-15H2,(H3,28,29)(H,32,40)(H,33,41)(H,38,39)(H4,30,31,34). The lowest BCUT2D eigenvalue weighted by Gasteiger charge is -2.40. The summed E-state index contributed by atoms with van der Waals surface area (Å²) in [5.74, 6) is -3.36. The summed E-state index contributed by atoms with van der Waals surface area (Å²) in [5, 5.41) is 21.9. The van der Waals surface area contributed by atoms with E-state index in [1.165, 1.54) is 34.1 Å². The van der Waals surface area contributed by atoms with Crippen molar-refractivity contribution in [2.45, 2.75) is 18.9 Å². The van der Waals surface area contributed by atoms with Gasteiger partial charge >= 0.3 is 5.97 Å². The maximum atomic E-state index is 13.1. The summed E-state index contributed by atoms with van der Waals surface area (Å²) in [7, 11) is 0. The summed E-state index contributed by atoms with van der Waals surface area (Å²) in [6.45, 7) is -0.591. The molecule has 2 aromatic carbocycles. The van der Waals surface area contributed by atoms with Gasteiger partial charge in [0.15, 0.2) is 5.96 Å². The predicted molar refractivity (Wildman–Crippen MR) is 153 cm³/mol. The van der Waals surface area contributed by atoms with Gasteiger partial charge in [0.1, 0.15) is 18.4 Å². The van der Waals surface area contributed by atoms with Gasteiger partial charge < -0.3 is 42.7 Å². The van der Waals surface area contributed by atoms with Crippen LogP contribution in [0.2, 0.25) is 0 Å². The van der Waals surface area contributed by atoms with E-state index in [0.29, 0.717) is 23.2 Å². The van der Waals surface area contributed by atoms with E-state index in [2.05, 4.69) is 15.6 Å². The topological polar surface area (TPSA) is 250 Å². The van der Waals surface area contributed by atoms with Crippen LogP contribution in [0, 0.1) is 5.41 Å². The summed E-state index contributed by atoms with van der Waals surface area (Å²) < 4.78 is 0. The number of amides is 4. The molecule has 0 saturated carbocycles. The number of guanidine groups is 1. The smallest absolute Gasteiger partial charge is 0.323 e. The summed E-state index contributed by atoms with van der Waals surface area (Å²) in [6, 6.07) is 11.3. The lowest BCUT2D eigenvalue weighted by atomic mass is 10.0. The minimum Gasteiger partial charge on any atom is -0.480 e. The molecule has 1 fully saturated rings. The summed E-state index contributed by atoms with van der Waals surface area (Å²) in [4.78, 5) is 68.8. The summed E-state index contributed by atoms with van der Waals surface area (Å²) in [6.07, 6.45) is 0.471. The number of nitrogens with zero attached hydrogens (tertiary/aromatic N) is 3. The SMILES string of the molecule is N=C(N)c1ccc(C(=O)NCC(=O)N2CCN(CC(=O)O)C(=O)C2CCCNC(=O)c2ccc(N=C(N)N)cc2)cc1. The van der Waals surface area contributed by atoms with Gasteiger partial charge in [0.05, 0.1) is 12.2 Å². The second-order valence-corrected chi connectivity index (χ2v) is 9.41. The third-order valence-electron chi connectivity index (χ3n) is 6.42. The fraction of sp³-hybridized carbons (Fsp3) is 0.296. The van der Waals surface area contributed by atoms with E-state index in [4.69, 9.17) is 22.6 Å². The Morgan fingerprint density at radius 1 is 0.905 bits per heavy atom. The highest BCUT2D eigenvalue weighted by Gasteiger charge is 2.37. The van der Waals surface area contributed by atoms with Gasteiger partial charge in [-0.2, -0.15) is 0 Å². The van der Waals surface area contributed by atoms with Crippen molar-refractivity contribution in [2.75, 3.05) is 32.7 Å². The van der Waals surface area contributed by atoms with Crippen molar-refractivity contribution in [3.05, 3.63) is 65.2 Å². The lowest BCUT2D eigenvalue weighted by molar-refractivity contribution is -0.155. The van der Waals surface area contributed by atoms with Crippen LogP contribution >= 0.6 is 0 Å². The third kappa shape index (κ3) is 8.51. The number of nitrogens with two attached hydrogens (primary N) is 3. The Kier molecular flexibility index (Phi) is 10.5. The number of rotatable bonds is 12. The number of carbonyl (C=O) groups excluding carboxylic acids is 4. The van der Waals surface area contributed by atoms with Crippen molar-refractivity contribution >= 4 is 47.1 Å². The molecule has 222 valence electrons. The highest BCUT2D eigenvalue weighted by Crippen LogP contribution is 2.17. The zero-order valence-electron chi connectivity index (χ0n) is 22.7. The van der Waals surface area contributed by atoms with Gasteiger partial charge in [0, 0.05) is 36.3 Å². The normalized spacial score (nSPS) is 14.6. The van der Waals surface area contributed by atoms with Crippen LogP contribution in [0.15, 0.2) is 53.5 Å². The third-order valence-corrected chi connectivity index (χ3v) is 6.42. The molecule has 15 heteroatoms. The molecule has 4 amide bonds. The van der Waals surface area contributed by atoms with Gasteiger partial charge in [-0.1, -0.05) is 12.1 Å². The van der Waals surface area contributed by atoms with Crippen LogP contribution in [-0.4, -0.2) is 95.1 Å². The molecule has 1 aliphatic rings. The number of carbonyl (C=O) groups is 5. The number of carboxylic acid groups (broad SMARTS) is 1. The minimum atomic E-state index is -1.18. The van der Waals surface area contributed by atoms with E-state index < -0.39 is 36.3 Å². The Bertz CT molecular complexity index is 1370. The molecule has 1 atom stereocenters. The fourth-order valence-corrected chi connectivity index (χ4v) is 4.33. The molecule has 10 N–H and O–H groups in total. The number of piperazine rings is 1. The first kappa shape index (κ1) is 31.1. The summed E-state index contributed by atoms with van der Waals surface area (Å²) in [5.41, 5.74) is 17.7. The highest BCUT2D eigenvalue weighted by molar-refractivity contribution is 6.00. The number of aliphatic imine (C=N–C) groups is 1. The maximum Gasteiger partial charge on any atom is 0.323 e. The number of nitrogen functional groups attached to an aromatic ring is 1. The van der Waals surface area contributed by atoms with Gasteiger partial charge in [-0.05, 0) is 49.2 Å². The van der Waals surface area contributed by atoms with E-state index in [1.54, 1.807) is 24.3 Å². The maximum absolute atomic E-state index is 13.1. The first-order valence-corrected chi connectivity index (χ1v) is 13.0. The van der Waals surface area contributed by atoms with Crippen molar-refractivity contribution in [1.82, 2.24) is 20.4 Å². The summed E-state index contributed by atoms with van der Waals surface area (Å²) >= 11 is 0. The molecule has 42 heavy (non-hydrogen) atoms. The average molecular weight is 580 g/mol. The number of benzene rings is 2. The molecular formula is C27H33N9O6. The monoisotopic (exact) mass is 579 g/mol. The first-order valence-electron chi connectivity index (χ1n) is 13.0. The molecule has 1 unspecified atom stereocenters. The Morgan fingerprint density at radius 3 is 2.05 bits per heavy atom. The van der Waals surface area contributed by atoms with Crippen molar-refractivity contribution in [1.29, 1.82) is 5.41 Å². The van der Waals surface area contributed by atoms with Gasteiger partial charge in [0.2, 0.25) is 11.8 Å². The molecule has 1 heterocycles. The Hall–Kier alpha value is -5.47. The molecule has 3 rings (SSSR count). The molecule has 0 spiro atoms. The largest absolute Gasteiger partial charge is 0.480 e. The van der Waals surface area contributed by atoms with Crippen LogP contribution in [0.3, 0.4) is 0 Å². The quantitative estimate of drug-likeness (QED) is 0.0918. The molecule has 15 nitrogen and oxygen atoms in total. The molecule has 1 aliphatic heterocycles. The zero-order chi connectivity index (χ0) is 30.8. The fourth-order valence-electron chi connectivity index (χ4n) is 4.33. The number of carboxylic acids is 1. The number of hydrogen-bond donors (Lipinski definition) is 7. The number of hydrogen-bond acceptors (Lipinski definition) is 7. The molecule has 0 radical (unpaired) electrons. The van der Waals surface area contributed by atoms with Gasteiger partial charge in [0.25, 0.3) is 11.8 Å². The van der Waals surface area contributed by atoms with E-state index >= 15 is 0 Å². The molecule has 2 aromatic rings. The second kappa shape index (κ2) is 14.2. The van der Waals surface area contributed by atoms with Gasteiger partial charge in [-0.3, -0.25) is 29.4 Å². The second-order valence-electron chi connectivity index (χ2n) is 9.41. The van der Waals surface area contributed by atoms with Crippen molar-refractivity contribution in [3.8, 4) is 0 Å². The predicted octanol–water partition coefficient (Wildman–Crippen LogP) is -1.06. The molecular weight excluding hydrogens is 546 g/mol. The highest BCUT2D eigenvalue weighted by atomic mass is 16.4. The molecule has 0 aliphatic carbocycles. The molecule has 1 saturated heterocycles. The van der Waals surface area contributed by atoms with E-state index in [1.807, 2.05) is 0 Å². The molecule has 0 bridgehead atoms. The van der Waals surface area contributed by atoms with Crippen LogP contribution in [0.1, 0.15) is 39.1 Å². The van der Waals surface area contributed by atoms with Gasteiger partial charge in [-0.15, -0.1) is 0 Å². The van der Waals surface area contributed by atoms with E-state index in [-0.39, 0.29) is 55.9 Å². The lowest BCUT2D eigenvalue weighted by Crippen LogP contribution is -2.60. The Labute approximate surface area is 241 Å². The van der Waals surface area contributed by atoms with Gasteiger partial charge in [-0.25, -0.2) is 4.99 Å². The number of nitrogens with one attached hydrogen (secondary N) is 3. The van der Waals surface area contributed by atoms with Crippen LogP contribution in [0.4, 0.5) is 5.69 Å². The molecule has 0 aromatic heterocycles. The number of aliphatic carboxylic acids is 1. The van der Waals surface area contributed by atoms with Crippen LogP contribution in [0.25, 0.3) is 0 Å². The zero-order valence-corrected chi connectivity index (χ0v) is 22.7.